The lowest BCUT2D eigenvalue weighted by Crippen LogP contribution is -2.29. The van der Waals surface area contributed by atoms with E-state index in [9.17, 15) is 9.90 Å². The van der Waals surface area contributed by atoms with E-state index >= 15 is 0 Å². The summed E-state index contributed by atoms with van der Waals surface area (Å²) in [5.74, 6) is 0.0478. The third kappa shape index (κ3) is 2.70. The summed E-state index contributed by atoms with van der Waals surface area (Å²) in [6.45, 7) is 0.817. The van der Waals surface area contributed by atoms with Gasteiger partial charge in [0, 0.05) is 47.0 Å². The highest BCUT2D eigenvalue weighted by atomic mass is 79.9. The normalized spacial score (nSPS) is 17.6. The summed E-state index contributed by atoms with van der Waals surface area (Å²) in [6, 6.07) is 4.88. The van der Waals surface area contributed by atoms with Gasteiger partial charge in [0.2, 0.25) is 5.91 Å². The van der Waals surface area contributed by atoms with Gasteiger partial charge in [-0.3, -0.25) is 4.79 Å². The van der Waals surface area contributed by atoms with E-state index in [0.717, 1.165) is 23.1 Å². The number of imidazole rings is 1. The first-order chi connectivity index (χ1) is 9.61. The molecular weight excluding hydrogens is 322 g/mol. The lowest BCUT2D eigenvalue weighted by atomic mass is 9.95. The molecule has 0 bridgehead atoms. The highest BCUT2D eigenvalue weighted by Gasteiger charge is 2.24. The molecule has 2 aromatic rings. The predicted molar refractivity (Wildman–Crippen MR) is 78.5 cm³/mol. The van der Waals surface area contributed by atoms with E-state index in [4.69, 9.17) is 0 Å². The fourth-order valence-electron chi connectivity index (χ4n) is 2.48. The Morgan fingerprint density at radius 3 is 3.10 bits per heavy atom. The topological polar surface area (TPSA) is 67.2 Å². The summed E-state index contributed by atoms with van der Waals surface area (Å²) in [6.07, 6.45) is 5.11. The van der Waals surface area contributed by atoms with Gasteiger partial charge >= 0.3 is 0 Å². The molecule has 0 radical (unpaired) electrons. The number of halogens is 1. The summed E-state index contributed by atoms with van der Waals surface area (Å²) >= 11 is 3.29. The maximum absolute atomic E-state index is 12.3. The Bertz CT molecular complexity index is 633. The van der Waals surface area contributed by atoms with Crippen molar-refractivity contribution in [3.05, 3.63) is 40.9 Å². The van der Waals surface area contributed by atoms with Gasteiger partial charge in [0.15, 0.2) is 0 Å². The highest BCUT2D eigenvalue weighted by molar-refractivity contribution is 9.10. The smallest absolute Gasteiger partial charge is 0.227 e. The predicted octanol–water partition coefficient (Wildman–Crippen LogP) is 2.55. The number of carbonyl (C=O) groups is 1. The Morgan fingerprint density at radius 1 is 1.45 bits per heavy atom. The second kappa shape index (κ2) is 5.28. The van der Waals surface area contributed by atoms with Gasteiger partial charge in [-0.1, -0.05) is 15.9 Å². The molecule has 6 heteroatoms. The molecule has 0 saturated heterocycles. The number of aryl methyl sites for hydroxylation is 1. The largest absolute Gasteiger partial charge is 0.508 e. The number of nitrogens with one attached hydrogen (secondary N) is 1. The first kappa shape index (κ1) is 13.2. The van der Waals surface area contributed by atoms with Crippen molar-refractivity contribution in [2.45, 2.75) is 19.4 Å². The molecule has 1 aromatic heterocycles. The van der Waals surface area contributed by atoms with Crippen LogP contribution in [0, 0.1) is 5.92 Å². The van der Waals surface area contributed by atoms with Crippen molar-refractivity contribution in [3.8, 4) is 5.75 Å². The number of benzene rings is 1. The van der Waals surface area contributed by atoms with Gasteiger partial charge in [-0.2, -0.15) is 0 Å². The van der Waals surface area contributed by atoms with Gasteiger partial charge in [0.05, 0.1) is 6.33 Å². The van der Waals surface area contributed by atoms with Gasteiger partial charge in [-0.15, -0.1) is 0 Å². The number of carbonyl (C=O) groups excluding carboxylic acids is 1. The first-order valence-corrected chi connectivity index (χ1v) is 7.20. The number of nitrogens with zero attached hydrogens (tertiary/aromatic N) is 2. The van der Waals surface area contributed by atoms with E-state index in [2.05, 4.69) is 30.8 Å². The van der Waals surface area contributed by atoms with E-state index in [-0.39, 0.29) is 17.6 Å². The van der Waals surface area contributed by atoms with E-state index in [0.29, 0.717) is 12.1 Å². The Kier molecular flexibility index (Phi) is 3.48. The molecule has 20 heavy (non-hydrogen) atoms. The second-order valence-electron chi connectivity index (χ2n) is 4.96. The number of rotatable bonds is 2. The lowest BCUT2D eigenvalue weighted by Gasteiger charge is -2.23. The molecule has 2 N–H and O–H groups in total. The zero-order valence-corrected chi connectivity index (χ0v) is 12.3. The van der Waals surface area contributed by atoms with Crippen LogP contribution in [0.2, 0.25) is 0 Å². The molecule has 1 unspecified atom stereocenters. The van der Waals surface area contributed by atoms with Crippen LogP contribution in [-0.4, -0.2) is 20.6 Å². The van der Waals surface area contributed by atoms with Crippen LogP contribution in [0.1, 0.15) is 12.1 Å². The molecule has 0 aliphatic carbocycles. The zero-order chi connectivity index (χ0) is 14.1. The van der Waals surface area contributed by atoms with Crippen molar-refractivity contribution in [1.82, 2.24) is 9.55 Å². The van der Waals surface area contributed by atoms with Crippen molar-refractivity contribution >= 4 is 27.5 Å². The van der Waals surface area contributed by atoms with Crippen molar-refractivity contribution in [1.29, 1.82) is 0 Å². The third-order valence-corrected chi connectivity index (χ3v) is 3.95. The molecule has 0 fully saturated rings. The van der Waals surface area contributed by atoms with Crippen LogP contribution in [0.25, 0.3) is 0 Å². The molecule has 1 amide bonds. The van der Waals surface area contributed by atoms with E-state index in [1.54, 1.807) is 18.5 Å². The number of hydrogen-bond acceptors (Lipinski definition) is 3. The number of aromatic hydroxyl groups is 1. The minimum absolute atomic E-state index is 0.0186. The average molecular weight is 336 g/mol. The van der Waals surface area contributed by atoms with Crippen LogP contribution in [0.5, 0.6) is 5.75 Å². The van der Waals surface area contributed by atoms with Gasteiger partial charge < -0.3 is 15.0 Å². The van der Waals surface area contributed by atoms with Crippen LogP contribution in [0.3, 0.4) is 0 Å². The van der Waals surface area contributed by atoms with Gasteiger partial charge in [0.1, 0.15) is 5.75 Å². The molecule has 3 rings (SSSR count). The van der Waals surface area contributed by atoms with Crippen molar-refractivity contribution < 1.29 is 9.90 Å². The van der Waals surface area contributed by atoms with Crippen molar-refractivity contribution in [3.63, 3.8) is 0 Å². The number of anilines is 1. The number of aromatic nitrogens is 2. The number of fused-ring (bicyclic) bond motifs is 1. The monoisotopic (exact) mass is 335 g/mol. The molecule has 5 nitrogen and oxygen atoms in total. The van der Waals surface area contributed by atoms with Crippen LogP contribution in [0.15, 0.2) is 35.2 Å². The SMILES string of the molecule is O=C(Nc1cc(O)cc(Br)c1)C1CCn2cncc2C1. The maximum atomic E-state index is 12.3. The number of phenolic OH excluding ortho intramolecular Hbond substituents is 1. The maximum Gasteiger partial charge on any atom is 0.227 e. The van der Waals surface area contributed by atoms with Crippen molar-refractivity contribution in [2.24, 2.45) is 5.92 Å². The second-order valence-corrected chi connectivity index (χ2v) is 5.87. The first-order valence-electron chi connectivity index (χ1n) is 6.41. The van der Waals surface area contributed by atoms with E-state index in [1.165, 1.54) is 6.07 Å². The molecule has 1 aromatic carbocycles. The minimum atomic E-state index is -0.0553. The summed E-state index contributed by atoms with van der Waals surface area (Å²) < 4.78 is 2.81. The van der Waals surface area contributed by atoms with Gasteiger partial charge in [-0.25, -0.2) is 4.98 Å². The number of phenols is 1. The average Bonchev–Trinajstić information content (AvgIpc) is 2.84. The molecule has 1 atom stereocenters. The minimum Gasteiger partial charge on any atom is -0.508 e. The molecule has 0 saturated carbocycles. The Balaban J connectivity index is 1.71. The Labute approximate surface area is 124 Å². The summed E-state index contributed by atoms with van der Waals surface area (Å²) in [5, 5.41) is 12.4. The molecule has 104 valence electrons. The molecular formula is C14H14BrN3O2. The number of amides is 1. The summed E-state index contributed by atoms with van der Waals surface area (Å²) in [7, 11) is 0. The molecule has 2 heterocycles. The molecule has 1 aliphatic heterocycles. The lowest BCUT2D eigenvalue weighted by molar-refractivity contribution is -0.120. The van der Waals surface area contributed by atoms with Crippen LogP contribution in [-0.2, 0) is 17.8 Å². The van der Waals surface area contributed by atoms with Gasteiger partial charge in [-0.05, 0) is 18.6 Å². The van der Waals surface area contributed by atoms with Crippen LogP contribution >= 0.6 is 15.9 Å². The zero-order valence-electron chi connectivity index (χ0n) is 10.7. The molecule has 1 aliphatic rings. The van der Waals surface area contributed by atoms with E-state index in [1.807, 2.05) is 6.20 Å². The number of hydrogen-bond donors (Lipinski definition) is 2. The fourth-order valence-corrected chi connectivity index (χ4v) is 2.96. The van der Waals surface area contributed by atoms with E-state index < -0.39 is 0 Å². The molecule has 0 spiro atoms. The van der Waals surface area contributed by atoms with Crippen LogP contribution < -0.4 is 5.32 Å². The third-order valence-electron chi connectivity index (χ3n) is 3.49. The standard InChI is InChI=1S/C14H14BrN3O2/c15-10-4-11(6-13(19)5-10)17-14(20)9-1-2-18-8-16-7-12(18)3-9/h4-9,19H,1-3H2,(H,17,20). The summed E-state index contributed by atoms with van der Waals surface area (Å²) in [4.78, 5) is 16.4. The van der Waals surface area contributed by atoms with Crippen LogP contribution in [0.4, 0.5) is 5.69 Å². The highest BCUT2D eigenvalue weighted by Crippen LogP contribution is 2.26. The Morgan fingerprint density at radius 2 is 2.30 bits per heavy atom. The Hall–Kier alpha value is -1.82. The van der Waals surface area contributed by atoms with Crippen molar-refractivity contribution in [2.75, 3.05) is 5.32 Å². The summed E-state index contributed by atoms with van der Waals surface area (Å²) in [5.41, 5.74) is 1.69. The fraction of sp³-hybridized carbons (Fsp3) is 0.286. The van der Waals surface area contributed by atoms with Gasteiger partial charge in [0.25, 0.3) is 0 Å². The quantitative estimate of drug-likeness (QED) is 0.886.